The molecule has 5 aromatic rings. The van der Waals surface area contributed by atoms with Crippen LogP contribution in [0.2, 0.25) is 25.7 Å². The Morgan fingerprint density at radius 2 is 2.00 bits per heavy atom. The van der Waals surface area contributed by atoms with Gasteiger partial charge in [-0.3, -0.25) is 4.79 Å². The van der Waals surface area contributed by atoms with Crippen LogP contribution in [0.15, 0.2) is 36.7 Å². The topological polar surface area (TPSA) is 85.9 Å². The number of ether oxygens (including phenoxy) is 1. The molecule has 1 amide bonds. The molecule has 5 rings (SSSR count). The number of nitrogens with two attached hydrogens (primary N) is 1. The molecule has 180 valence electrons. The number of hydrogen-bond acceptors (Lipinski definition) is 3. The van der Waals surface area contributed by atoms with Crippen molar-refractivity contribution in [2.75, 3.05) is 6.61 Å². The van der Waals surface area contributed by atoms with Crippen LogP contribution >= 0.6 is 0 Å². The number of aromatic amines is 1. The summed E-state index contributed by atoms with van der Waals surface area (Å²) in [5.74, 6) is -1.06. The number of H-pyrrole nitrogens is 1. The van der Waals surface area contributed by atoms with Crippen molar-refractivity contribution in [3.05, 3.63) is 58.8 Å². The van der Waals surface area contributed by atoms with Crippen LogP contribution in [-0.2, 0) is 11.5 Å². The van der Waals surface area contributed by atoms with Crippen molar-refractivity contribution in [1.82, 2.24) is 14.5 Å². The number of amides is 1. The minimum atomic E-state index is -1.31. The zero-order chi connectivity index (χ0) is 25.1. The van der Waals surface area contributed by atoms with E-state index in [1.165, 1.54) is 6.07 Å². The standard InChI is InChI=1S/C27H29FN4O2Si/c1-15-6-7-17(20(28)12-15)24-23(26(29)33)21-16(2)19-13-31-27-22(19)18(8-9-30-27)25(21)32(24)14-34-10-11-35(3,4)5/h6-9,12-13H,2,10-11,14H2,1,3-5H3,(H2,29,33)(H,30,31). The summed E-state index contributed by atoms with van der Waals surface area (Å²) in [6.45, 7) is 13.7. The zero-order valence-corrected chi connectivity index (χ0v) is 21.5. The van der Waals surface area contributed by atoms with Gasteiger partial charge < -0.3 is 20.0 Å². The Hall–Kier alpha value is -3.49. The van der Waals surface area contributed by atoms with E-state index in [4.69, 9.17) is 10.5 Å². The average molecular weight is 489 g/mol. The molecule has 0 spiro atoms. The quantitative estimate of drug-likeness (QED) is 0.240. The minimum absolute atomic E-state index is 0.152. The Bertz CT molecular complexity index is 1660. The van der Waals surface area contributed by atoms with Gasteiger partial charge in [-0.25, -0.2) is 9.37 Å². The molecule has 0 aliphatic carbocycles. The lowest BCUT2D eigenvalue weighted by molar-refractivity contribution is 0.0910. The molecule has 3 heterocycles. The third kappa shape index (κ3) is 3.82. The number of nitrogens with one attached hydrogen (secondary N) is 1. The average Bonchev–Trinajstić information content (AvgIpc) is 3.35. The van der Waals surface area contributed by atoms with Gasteiger partial charge in [0.15, 0.2) is 0 Å². The lowest BCUT2D eigenvalue weighted by Gasteiger charge is -2.18. The maximum Gasteiger partial charge on any atom is 0.251 e. The number of primary amides is 1. The summed E-state index contributed by atoms with van der Waals surface area (Å²) in [5, 5.41) is 3.91. The van der Waals surface area contributed by atoms with E-state index in [1.807, 2.05) is 29.8 Å². The summed E-state index contributed by atoms with van der Waals surface area (Å²) >= 11 is 0. The summed E-state index contributed by atoms with van der Waals surface area (Å²) < 4.78 is 23.4. The molecule has 0 fully saturated rings. The number of carbonyl (C=O) groups is 1. The highest BCUT2D eigenvalue weighted by atomic mass is 28.3. The molecule has 0 atom stereocenters. The van der Waals surface area contributed by atoms with Crippen molar-refractivity contribution in [3.8, 4) is 11.3 Å². The second kappa shape index (κ2) is 8.32. The maximum atomic E-state index is 15.4. The van der Waals surface area contributed by atoms with Crippen LogP contribution in [-0.4, -0.2) is 35.1 Å². The van der Waals surface area contributed by atoms with Crippen molar-refractivity contribution in [3.63, 3.8) is 0 Å². The number of aryl methyl sites for hydroxylation is 1. The third-order valence-corrected chi connectivity index (χ3v) is 8.27. The molecule has 0 aliphatic rings. The SMILES string of the molecule is C=c1c2c[nH]c3nccc(c32)c2c1c(C(N)=O)c(-c1ccc(C)cc1F)n2COCC[Si](C)(C)C. The van der Waals surface area contributed by atoms with E-state index in [1.54, 1.807) is 12.3 Å². The molecule has 0 aliphatic heterocycles. The van der Waals surface area contributed by atoms with Gasteiger partial charge in [0, 0.05) is 54.2 Å². The normalized spacial score (nSPS) is 12.4. The van der Waals surface area contributed by atoms with Crippen molar-refractivity contribution in [1.29, 1.82) is 0 Å². The largest absolute Gasteiger partial charge is 0.366 e. The molecule has 6 nitrogen and oxygen atoms in total. The van der Waals surface area contributed by atoms with Gasteiger partial charge in [0.1, 0.15) is 18.2 Å². The number of halogens is 1. The van der Waals surface area contributed by atoms with Gasteiger partial charge in [-0.2, -0.15) is 0 Å². The highest BCUT2D eigenvalue weighted by Crippen LogP contribution is 2.39. The number of fused-ring (bicyclic) bond motifs is 2. The monoisotopic (exact) mass is 488 g/mol. The number of hydrogen-bond donors (Lipinski definition) is 2. The number of pyridine rings is 1. The number of rotatable bonds is 7. The molecular weight excluding hydrogens is 459 g/mol. The van der Waals surface area contributed by atoms with Gasteiger partial charge in [0.25, 0.3) is 5.91 Å². The lowest BCUT2D eigenvalue weighted by Crippen LogP contribution is -2.22. The molecule has 8 heteroatoms. The first-order valence-corrected chi connectivity index (χ1v) is 15.4. The Labute approximate surface area is 203 Å². The highest BCUT2D eigenvalue weighted by molar-refractivity contribution is 6.76. The molecule has 0 bridgehead atoms. The smallest absolute Gasteiger partial charge is 0.251 e. The van der Waals surface area contributed by atoms with E-state index in [9.17, 15) is 4.79 Å². The first kappa shape index (κ1) is 23.3. The first-order chi connectivity index (χ1) is 16.6. The second-order valence-electron chi connectivity index (χ2n) is 10.3. The second-order valence-corrected chi connectivity index (χ2v) is 16.0. The van der Waals surface area contributed by atoms with Gasteiger partial charge in [-0.05, 0) is 41.9 Å². The van der Waals surface area contributed by atoms with Crippen LogP contribution in [0, 0.1) is 12.7 Å². The van der Waals surface area contributed by atoms with Crippen molar-refractivity contribution in [2.45, 2.75) is 39.3 Å². The van der Waals surface area contributed by atoms with Crippen molar-refractivity contribution >= 4 is 53.3 Å². The molecule has 3 N–H and O–H groups in total. The number of nitrogens with zero attached hydrogens (tertiary/aromatic N) is 2. The van der Waals surface area contributed by atoms with E-state index < -0.39 is 19.8 Å². The summed E-state index contributed by atoms with van der Waals surface area (Å²) in [4.78, 5) is 20.6. The molecule has 35 heavy (non-hydrogen) atoms. The van der Waals surface area contributed by atoms with Crippen LogP contribution in [0.1, 0.15) is 15.9 Å². The maximum absolute atomic E-state index is 15.4. The van der Waals surface area contributed by atoms with Gasteiger partial charge >= 0.3 is 0 Å². The fourth-order valence-electron chi connectivity index (χ4n) is 4.81. The van der Waals surface area contributed by atoms with Gasteiger partial charge in [-0.15, -0.1) is 0 Å². The van der Waals surface area contributed by atoms with Gasteiger partial charge in [-0.1, -0.05) is 32.3 Å². The molecule has 0 unspecified atom stereocenters. The first-order valence-electron chi connectivity index (χ1n) is 11.6. The molecule has 2 aromatic carbocycles. The van der Waals surface area contributed by atoms with Crippen LogP contribution < -0.4 is 11.0 Å². The van der Waals surface area contributed by atoms with Crippen LogP contribution in [0.4, 0.5) is 4.39 Å². The van der Waals surface area contributed by atoms with Crippen LogP contribution in [0.5, 0.6) is 0 Å². The number of benzene rings is 2. The fourth-order valence-corrected chi connectivity index (χ4v) is 5.57. The van der Waals surface area contributed by atoms with Gasteiger partial charge in [0.05, 0.1) is 16.8 Å². The Morgan fingerprint density at radius 1 is 1.23 bits per heavy atom. The Morgan fingerprint density at radius 3 is 2.69 bits per heavy atom. The molecule has 0 saturated carbocycles. The van der Waals surface area contributed by atoms with E-state index in [2.05, 4.69) is 36.2 Å². The third-order valence-electron chi connectivity index (χ3n) is 6.56. The molecular formula is C27H29FN4O2Si. The number of aromatic nitrogens is 3. The highest BCUT2D eigenvalue weighted by Gasteiger charge is 2.28. The molecule has 0 radical (unpaired) electrons. The summed E-state index contributed by atoms with van der Waals surface area (Å²) in [7, 11) is -1.31. The van der Waals surface area contributed by atoms with E-state index in [0.29, 0.717) is 28.5 Å². The van der Waals surface area contributed by atoms with E-state index in [-0.39, 0.29) is 12.3 Å². The minimum Gasteiger partial charge on any atom is -0.366 e. The van der Waals surface area contributed by atoms with Crippen molar-refractivity contribution < 1.29 is 13.9 Å². The van der Waals surface area contributed by atoms with E-state index >= 15 is 4.39 Å². The Balaban J connectivity index is 1.88. The van der Waals surface area contributed by atoms with Crippen molar-refractivity contribution in [2.24, 2.45) is 5.73 Å². The Kier molecular flexibility index (Phi) is 5.53. The predicted molar refractivity (Wildman–Crippen MR) is 143 cm³/mol. The van der Waals surface area contributed by atoms with Gasteiger partial charge in [0.2, 0.25) is 0 Å². The molecule has 0 saturated heterocycles. The fraction of sp³-hybridized carbons (Fsp3) is 0.259. The molecule has 3 aromatic heterocycles. The lowest BCUT2D eigenvalue weighted by atomic mass is 9.99. The van der Waals surface area contributed by atoms with Crippen LogP contribution in [0.25, 0.3) is 50.5 Å². The number of carbonyl (C=O) groups excluding carboxylic acids is 1. The summed E-state index contributed by atoms with van der Waals surface area (Å²) in [6, 6.07) is 7.88. The predicted octanol–water partition coefficient (Wildman–Crippen LogP) is 5.33. The zero-order valence-electron chi connectivity index (χ0n) is 20.5. The van der Waals surface area contributed by atoms with E-state index in [0.717, 1.165) is 38.9 Å². The summed E-state index contributed by atoms with van der Waals surface area (Å²) in [5.41, 5.74) is 9.18. The van der Waals surface area contributed by atoms with Crippen LogP contribution in [0.3, 0.4) is 0 Å². The summed E-state index contributed by atoms with van der Waals surface area (Å²) in [6.07, 6.45) is 3.56.